The van der Waals surface area contributed by atoms with E-state index in [9.17, 15) is 4.79 Å². The number of benzene rings is 2. The summed E-state index contributed by atoms with van der Waals surface area (Å²) in [7, 11) is 0. The number of aromatic nitrogens is 2. The van der Waals surface area contributed by atoms with E-state index >= 15 is 0 Å². The number of amides is 1. The topological polar surface area (TPSA) is 77.4 Å². The smallest absolute Gasteiger partial charge is 0.223 e. The Morgan fingerprint density at radius 2 is 2.09 bits per heavy atom. The van der Waals surface area contributed by atoms with Gasteiger partial charge in [0.2, 0.25) is 12.2 Å². The fraction of sp³-hybridized carbons (Fsp3) is 0.357. The maximum absolute atomic E-state index is 12.1. The van der Waals surface area contributed by atoms with Crippen LogP contribution in [0.2, 0.25) is 0 Å². The van der Waals surface area contributed by atoms with Crippen molar-refractivity contribution in [3.05, 3.63) is 84.0 Å². The number of rotatable bonds is 10. The number of aryl methyl sites for hydroxylation is 1. The average molecular weight is 473 g/mol. The van der Waals surface area contributed by atoms with Crippen molar-refractivity contribution in [2.75, 3.05) is 19.6 Å². The van der Waals surface area contributed by atoms with Gasteiger partial charge in [0, 0.05) is 49.6 Å². The average Bonchev–Trinajstić information content (AvgIpc) is 3.55. The Bertz CT molecular complexity index is 1140. The van der Waals surface area contributed by atoms with Gasteiger partial charge in [-0.1, -0.05) is 36.4 Å². The Morgan fingerprint density at radius 3 is 2.94 bits per heavy atom. The van der Waals surface area contributed by atoms with Gasteiger partial charge in [-0.05, 0) is 55.1 Å². The van der Waals surface area contributed by atoms with E-state index in [2.05, 4.69) is 33.8 Å². The predicted molar refractivity (Wildman–Crippen MR) is 135 cm³/mol. The molecule has 2 aliphatic heterocycles. The summed E-state index contributed by atoms with van der Waals surface area (Å²) in [6, 6.07) is 14.6. The van der Waals surface area contributed by atoms with Gasteiger partial charge in [0.1, 0.15) is 5.75 Å². The second-order valence-corrected chi connectivity index (χ2v) is 9.07. The largest absolute Gasteiger partial charge is 0.464 e. The van der Waals surface area contributed by atoms with Gasteiger partial charge in [0.15, 0.2) is 0 Å². The first kappa shape index (κ1) is 23.3. The van der Waals surface area contributed by atoms with Gasteiger partial charge >= 0.3 is 0 Å². The van der Waals surface area contributed by atoms with Crippen LogP contribution in [-0.2, 0) is 22.4 Å². The van der Waals surface area contributed by atoms with Crippen molar-refractivity contribution in [1.82, 2.24) is 20.2 Å². The highest BCUT2D eigenvalue weighted by Gasteiger charge is 2.28. The normalized spacial score (nSPS) is 18.7. The van der Waals surface area contributed by atoms with Crippen molar-refractivity contribution in [1.29, 1.82) is 0 Å². The summed E-state index contributed by atoms with van der Waals surface area (Å²) in [5, 5.41) is 6.47. The molecule has 182 valence electrons. The first-order valence-electron chi connectivity index (χ1n) is 12.4. The standard InChI is InChI=1S/C28H32N4O3/c33-27(4-1-3-21-5-9-24(10-6-21)32-16-15-30-20-32)31-14-2-13-29-19-25-11-7-22-8-12-26-23(17-22)18-28(34-25)35-26/h1,3,5-6,8-10,12,15-17,20,25,28-29H,2,4,7,11,13-14,18-19H2,(H,31,33)/b3-1+. The molecule has 3 bridgehead atoms. The predicted octanol–water partition coefficient (Wildman–Crippen LogP) is 3.66. The molecule has 3 heterocycles. The lowest BCUT2D eigenvalue weighted by Gasteiger charge is -2.23. The molecule has 3 aromatic rings. The minimum absolute atomic E-state index is 0.0372. The summed E-state index contributed by atoms with van der Waals surface area (Å²) in [5.41, 5.74) is 4.73. The Morgan fingerprint density at radius 1 is 1.17 bits per heavy atom. The van der Waals surface area contributed by atoms with Crippen molar-refractivity contribution in [3.8, 4) is 11.4 Å². The van der Waals surface area contributed by atoms with Gasteiger partial charge in [0.25, 0.3) is 0 Å². The van der Waals surface area contributed by atoms with Gasteiger partial charge in [-0.25, -0.2) is 4.98 Å². The number of carbonyl (C=O) groups excluding carboxylic acids is 1. The summed E-state index contributed by atoms with van der Waals surface area (Å²) < 4.78 is 14.1. The fourth-order valence-corrected chi connectivity index (χ4v) is 4.51. The fourth-order valence-electron chi connectivity index (χ4n) is 4.51. The molecule has 35 heavy (non-hydrogen) atoms. The Hall–Kier alpha value is -3.42. The molecular weight excluding hydrogens is 440 g/mol. The second kappa shape index (κ2) is 11.3. The third kappa shape index (κ3) is 6.38. The third-order valence-electron chi connectivity index (χ3n) is 6.40. The molecular formula is C28H32N4O3. The van der Waals surface area contributed by atoms with Crippen molar-refractivity contribution in [2.45, 2.75) is 44.5 Å². The number of carbonyl (C=O) groups is 1. The first-order valence-corrected chi connectivity index (χ1v) is 12.4. The molecule has 0 saturated heterocycles. The van der Waals surface area contributed by atoms with E-state index in [0.29, 0.717) is 13.0 Å². The molecule has 0 saturated carbocycles. The van der Waals surface area contributed by atoms with Crippen LogP contribution in [0.5, 0.6) is 5.75 Å². The minimum atomic E-state index is -0.174. The van der Waals surface area contributed by atoms with Crippen molar-refractivity contribution in [2.24, 2.45) is 0 Å². The summed E-state index contributed by atoms with van der Waals surface area (Å²) >= 11 is 0. The molecule has 7 heteroatoms. The number of nitrogens with one attached hydrogen (secondary N) is 2. The minimum Gasteiger partial charge on any atom is -0.464 e. The van der Waals surface area contributed by atoms with Crippen molar-refractivity contribution < 1.29 is 14.3 Å². The number of imidazole rings is 1. The number of hydrogen-bond donors (Lipinski definition) is 2. The van der Waals surface area contributed by atoms with Crippen LogP contribution in [0.25, 0.3) is 11.8 Å². The maximum Gasteiger partial charge on any atom is 0.223 e. The molecule has 2 aliphatic rings. The summed E-state index contributed by atoms with van der Waals surface area (Å²) in [4.78, 5) is 16.2. The Kier molecular flexibility index (Phi) is 7.56. The second-order valence-electron chi connectivity index (χ2n) is 9.07. The highest BCUT2D eigenvalue weighted by Crippen LogP contribution is 2.32. The molecule has 1 amide bonds. The van der Waals surface area contributed by atoms with Crippen molar-refractivity contribution >= 4 is 12.0 Å². The monoisotopic (exact) mass is 472 g/mol. The van der Waals surface area contributed by atoms with Crippen LogP contribution in [-0.4, -0.2) is 47.5 Å². The van der Waals surface area contributed by atoms with E-state index in [0.717, 1.165) is 55.8 Å². The molecule has 2 atom stereocenters. The number of fused-ring (bicyclic) bond motifs is 2. The van der Waals surface area contributed by atoms with E-state index in [4.69, 9.17) is 9.47 Å². The first-order chi connectivity index (χ1) is 17.2. The van der Waals surface area contributed by atoms with Crippen LogP contribution < -0.4 is 15.4 Å². The van der Waals surface area contributed by atoms with Crippen LogP contribution >= 0.6 is 0 Å². The lowest BCUT2D eigenvalue weighted by atomic mass is 10.0. The molecule has 0 radical (unpaired) electrons. The number of hydrogen-bond acceptors (Lipinski definition) is 5. The van der Waals surface area contributed by atoms with E-state index < -0.39 is 0 Å². The van der Waals surface area contributed by atoms with Gasteiger partial charge in [0.05, 0.1) is 12.4 Å². The van der Waals surface area contributed by atoms with Gasteiger partial charge in [-0.15, -0.1) is 0 Å². The Labute approximate surface area is 206 Å². The quantitative estimate of drug-likeness (QED) is 0.441. The molecule has 5 rings (SSSR count). The lowest BCUT2D eigenvalue weighted by Crippen LogP contribution is -2.35. The van der Waals surface area contributed by atoms with Gasteiger partial charge < -0.3 is 24.7 Å². The number of nitrogens with zero attached hydrogens (tertiary/aromatic N) is 2. The molecule has 0 aliphatic carbocycles. The van der Waals surface area contributed by atoms with Crippen LogP contribution in [0, 0.1) is 0 Å². The number of ether oxygens (including phenoxy) is 2. The van der Waals surface area contributed by atoms with Crippen LogP contribution in [0.4, 0.5) is 0 Å². The van der Waals surface area contributed by atoms with E-state index in [1.54, 1.807) is 12.5 Å². The zero-order valence-corrected chi connectivity index (χ0v) is 19.9. The van der Waals surface area contributed by atoms with Crippen molar-refractivity contribution in [3.63, 3.8) is 0 Å². The Balaban J connectivity index is 0.951. The zero-order chi connectivity index (χ0) is 23.9. The molecule has 0 spiro atoms. The van der Waals surface area contributed by atoms with Gasteiger partial charge in [-0.3, -0.25) is 4.79 Å². The zero-order valence-electron chi connectivity index (χ0n) is 19.9. The molecule has 0 fully saturated rings. The molecule has 1 aromatic heterocycles. The van der Waals surface area contributed by atoms with Crippen LogP contribution in [0.3, 0.4) is 0 Å². The van der Waals surface area contributed by atoms with E-state index in [-0.39, 0.29) is 18.3 Å². The van der Waals surface area contributed by atoms with Crippen LogP contribution in [0.15, 0.2) is 67.3 Å². The summed E-state index contributed by atoms with van der Waals surface area (Å²) in [6.07, 6.45) is 13.3. The molecule has 2 unspecified atom stereocenters. The SMILES string of the molecule is O=C(C/C=C/c1ccc(-n2ccnc2)cc1)NCCCNCC1CCc2ccc3c(c2)CC(O3)O1. The highest BCUT2D eigenvalue weighted by molar-refractivity contribution is 5.78. The van der Waals surface area contributed by atoms with Crippen LogP contribution in [0.1, 0.15) is 36.0 Å². The third-order valence-corrected chi connectivity index (χ3v) is 6.40. The maximum atomic E-state index is 12.1. The highest BCUT2D eigenvalue weighted by atomic mass is 16.7. The lowest BCUT2D eigenvalue weighted by molar-refractivity contribution is -0.120. The molecule has 2 N–H and O–H groups in total. The summed E-state index contributed by atoms with van der Waals surface area (Å²) in [6.45, 7) is 2.28. The molecule has 7 nitrogen and oxygen atoms in total. The molecule has 2 aromatic carbocycles. The summed E-state index contributed by atoms with van der Waals surface area (Å²) in [5.74, 6) is 0.997. The van der Waals surface area contributed by atoms with Gasteiger partial charge in [-0.2, -0.15) is 0 Å². The van der Waals surface area contributed by atoms with E-state index in [1.165, 1.54) is 11.1 Å². The van der Waals surface area contributed by atoms with E-state index in [1.807, 2.05) is 47.2 Å².